The van der Waals surface area contributed by atoms with Crippen LogP contribution in [-0.2, 0) is 30.4 Å². The average molecular weight is 826 g/mol. The highest BCUT2D eigenvalue weighted by molar-refractivity contribution is 7.88. The fourth-order valence-corrected chi connectivity index (χ4v) is 9.46. The van der Waals surface area contributed by atoms with E-state index in [9.17, 15) is 56.8 Å². The number of aromatic hydroxyl groups is 3. The van der Waals surface area contributed by atoms with Crippen LogP contribution >= 0.6 is 0 Å². The predicted molar refractivity (Wildman–Crippen MR) is 201 cm³/mol. The Hall–Kier alpha value is -7.77. The van der Waals surface area contributed by atoms with E-state index in [0.29, 0.717) is 0 Å². The smallest absolute Gasteiger partial charge is 0.426 e. The van der Waals surface area contributed by atoms with Gasteiger partial charge in [-0.1, -0.05) is 42.5 Å². The number of nitrogens with zero attached hydrogens (tertiary/aromatic N) is 6. The van der Waals surface area contributed by atoms with E-state index in [1.165, 1.54) is 54.6 Å². The Kier molecular flexibility index (Phi) is 9.10. The van der Waals surface area contributed by atoms with Gasteiger partial charge in [0.1, 0.15) is 14.7 Å². The van der Waals surface area contributed by atoms with Gasteiger partial charge in [0.25, 0.3) is 0 Å². The van der Waals surface area contributed by atoms with Crippen molar-refractivity contribution in [1.82, 2.24) is 0 Å². The van der Waals surface area contributed by atoms with Gasteiger partial charge in [-0.05, 0) is 48.5 Å². The van der Waals surface area contributed by atoms with Crippen LogP contribution in [0.25, 0.3) is 47.2 Å². The summed E-state index contributed by atoms with van der Waals surface area (Å²) in [7, 11) is -15.2. The standard InChI is InChI=1S/C36H18N6O12S3/c37-40-25-16-13-19-22(33(25)43)5-1-10-30(19)55(46,47)52-28-8-4-9-29(53-56(48,49)31-11-2-6-23-20(31)14-17-26(41-38)34(23)44)36(28)54-57(50,51)32-12-3-7-24-21(32)15-18-27(42-39)35(24)45/h1-18H/p+3. The number of para-hydroxylation sites is 1. The van der Waals surface area contributed by atoms with Gasteiger partial charge in [-0.2, -0.15) is 25.3 Å². The van der Waals surface area contributed by atoms with Crippen molar-refractivity contribution in [1.29, 1.82) is 16.2 Å². The van der Waals surface area contributed by atoms with Crippen LogP contribution in [0.3, 0.4) is 0 Å². The molecule has 3 N–H and O–H groups in total. The van der Waals surface area contributed by atoms with E-state index in [4.69, 9.17) is 12.5 Å². The molecule has 0 amide bonds. The van der Waals surface area contributed by atoms with Gasteiger partial charge in [0.2, 0.25) is 39.2 Å². The van der Waals surface area contributed by atoms with Gasteiger partial charge in [-0.15, -0.1) is 0 Å². The summed E-state index contributed by atoms with van der Waals surface area (Å²) in [6.45, 7) is 0. The third kappa shape index (κ3) is 6.47. The molecular formula is C36H21N6O12S3+3. The molecule has 0 aromatic heterocycles. The van der Waals surface area contributed by atoms with Crippen molar-refractivity contribution in [2.75, 3.05) is 0 Å². The Morgan fingerprint density at radius 1 is 0.386 bits per heavy atom. The van der Waals surface area contributed by atoms with E-state index < -0.39 is 79.5 Å². The number of phenols is 3. The molecule has 0 saturated carbocycles. The molecular weight excluding hydrogens is 805 g/mol. The molecule has 7 aromatic carbocycles. The maximum Gasteiger partial charge on any atom is 0.426 e. The van der Waals surface area contributed by atoms with Crippen molar-refractivity contribution in [2.45, 2.75) is 14.7 Å². The number of hydrogen-bond acceptors (Lipinski definition) is 15. The van der Waals surface area contributed by atoms with Crippen molar-refractivity contribution in [3.63, 3.8) is 0 Å². The maximum absolute atomic E-state index is 14.1. The zero-order chi connectivity index (χ0) is 40.9. The minimum absolute atomic E-state index is 0.0746. The topological polar surface area (TPSA) is 275 Å². The lowest BCUT2D eigenvalue weighted by atomic mass is 10.1. The van der Waals surface area contributed by atoms with E-state index in [0.717, 1.165) is 54.6 Å². The molecule has 0 bridgehead atoms. The Labute approximate surface area is 321 Å². The van der Waals surface area contributed by atoms with Gasteiger partial charge < -0.3 is 27.9 Å². The van der Waals surface area contributed by atoms with Crippen LogP contribution in [0.5, 0.6) is 34.5 Å². The van der Waals surface area contributed by atoms with E-state index in [2.05, 4.69) is 14.9 Å². The number of phenolic OH excluding ortho intramolecular Hbond substituents is 3. The van der Waals surface area contributed by atoms with E-state index in [1.54, 1.807) is 0 Å². The van der Waals surface area contributed by atoms with E-state index in [-0.39, 0.29) is 49.4 Å². The molecule has 57 heavy (non-hydrogen) atoms. The molecule has 0 atom stereocenters. The van der Waals surface area contributed by atoms with E-state index in [1.807, 2.05) is 0 Å². The molecule has 0 spiro atoms. The van der Waals surface area contributed by atoms with Gasteiger partial charge in [0.15, 0.2) is 26.4 Å². The first-order valence-corrected chi connectivity index (χ1v) is 20.1. The first-order chi connectivity index (χ1) is 27.1. The van der Waals surface area contributed by atoms with Crippen LogP contribution in [0, 0.1) is 16.2 Å². The monoisotopic (exact) mass is 825 g/mol. The summed E-state index contributed by atoms with van der Waals surface area (Å²) in [6.07, 6.45) is 0. The van der Waals surface area contributed by atoms with Gasteiger partial charge in [0, 0.05) is 50.5 Å². The van der Waals surface area contributed by atoms with Gasteiger partial charge >= 0.3 is 47.4 Å². The minimum Gasteiger partial charge on any atom is -0.501 e. The zero-order valence-corrected chi connectivity index (χ0v) is 30.8. The molecule has 0 aliphatic carbocycles. The van der Waals surface area contributed by atoms with Crippen LogP contribution in [-0.4, -0.2) is 40.6 Å². The SMILES string of the molecule is N#[N+]c1ccc2c(S(=O)(=O)Oc3cccc(OS(=O)(=O)c4cccc5c(O)c([N+]#N)ccc45)c3OS(=O)(=O)c3cccc4c(O)c([N+]#N)ccc34)cccc2c1O. The number of benzene rings is 7. The first-order valence-electron chi connectivity index (χ1n) is 15.9. The summed E-state index contributed by atoms with van der Waals surface area (Å²) < 4.78 is 100. The third-order valence-corrected chi connectivity index (χ3v) is 12.4. The lowest BCUT2D eigenvalue weighted by Gasteiger charge is -2.17. The summed E-state index contributed by atoms with van der Waals surface area (Å²) in [5.74, 6) is -4.63. The van der Waals surface area contributed by atoms with Crippen LogP contribution < -0.4 is 12.5 Å². The number of hydrogen-bond donors (Lipinski definition) is 3. The lowest BCUT2D eigenvalue weighted by molar-refractivity contribution is 0.428. The summed E-state index contributed by atoms with van der Waals surface area (Å²) in [4.78, 5) is 7.10. The molecule has 7 rings (SSSR count). The number of rotatable bonds is 9. The maximum atomic E-state index is 14.1. The summed E-state index contributed by atoms with van der Waals surface area (Å²) in [5.41, 5.74) is -0.854. The first kappa shape index (κ1) is 37.5. The van der Waals surface area contributed by atoms with Gasteiger partial charge in [-0.25, -0.2) is 0 Å². The molecule has 18 nitrogen and oxygen atoms in total. The van der Waals surface area contributed by atoms with Crippen LogP contribution in [0.1, 0.15) is 0 Å². The zero-order valence-electron chi connectivity index (χ0n) is 28.3. The highest BCUT2D eigenvalue weighted by Crippen LogP contribution is 2.45. The Morgan fingerprint density at radius 2 is 0.684 bits per heavy atom. The Balaban J connectivity index is 1.40. The molecule has 0 aliphatic rings. The quantitative estimate of drug-likeness (QED) is 0.0918. The molecule has 0 unspecified atom stereocenters. The molecule has 0 fully saturated rings. The molecule has 282 valence electrons. The lowest BCUT2D eigenvalue weighted by Crippen LogP contribution is -2.16. The molecule has 0 heterocycles. The summed E-state index contributed by atoms with van der Waals surface area (Å²) in [5, 5.41) is 58.8. The fraction of sp³-hybridized carbons (Fsp3) is 0. The minimum atomic E-state index is -5.15. The second-order valence-corrected chi connectivity index (χ2v) is 16.4. The van der Waals surface area contributed by atoms with Crippen LogP contribution in [0.4, 0.5) is 17.1 Å². The molecule has 0 aliphatic heterocycles. The highest BCUT2D eigenvalue weighted by atomic mass is 32.2. The second kappa shape index (κ2) is 13.8. The number of fused-ring (bicyclic) bond motifs is 3. The molecule has 0 saturated heterocycles. The molecule has 0 radical (unpaired) electrons. The van der Waals surface area contributed by atoms with Crippen molar-refractivity contribution in [3.8, 4) is 34.5 Å². The second-order valence-electron chi connectivity index (χ2n) is 11.8. The largest absolute Gasteiger partial charge is 0.501 e. The normalized spacial score (nSPS) is 11.7. The Bertz CT molecular complexity index is 3210. The molecule has 7 aromatic rings. The molecule has 21 heteroatoms. The fourth-order valence-electron chi connectivity index (χ4n) is 5.99. The van der Waals surface area contributed by atoms with Gasteiger partial charge in [-0.3, -0.25) is 0 Å². The van der Waals surface area contributed by atoms with Gasteiger partial charge in [0.05, 0.1) is 0 Å². The van der Waals surface area contributed by atoms with Crippen molar-refractivity contribution in [2.24, 2.45) is 0 Å². The predicted octanol–water partition coefficient (Wildman–Crippen LogP) is 8.02. The average Bonchev–Trinajstić information content (AvgIpc) is 3.19. The highest BCUT2D eigenvalue weighted by Gasteiger charge is 2.33. The third-order valence-electron chi connectivity index (χ3n) is 8.58. The Morgan fingerprint density at radius 3 is 1.00 bits per heavy atom. The van der Waals surface area contributed by atoms with Crippen LogP contribution in [0.15, 0.2) is 124 Å². The summed E-state index contributed by atoms with van der Waals surface area (Å²) >= 11 is 0. The number of diazo groups is 3. The summed E-state index contributed by atoms with van der Waals surface area (Å²) in [6, 6.07) is 20.8. The van der Waals surface area contributed by atoms with Crippen LogP contribution in [0.2, 0.25) is 0 Å². The van der Waals surface area contributed by atoms with Crippen molar-refractivity contribution < 1.29 is 53.1 Å². The van der Waals surface area contributed by atoms with E-state index >= 15 is 0 Å². The van der Waals surface area contributed by atoms with Crippen molar-refractivity contribution >= 4 is 79.7 Å². The van der Waals surface area contributed by atoms with Crippen molar-refractivity contribution in [3.05, 3.63) is 124 Å².